The van der Waals surface area contributed by atoms with Gasteiger partial charge in [0.1, 0.15) is 12.4 Å². The van der Waals surface area contributed by atoms with Crippen molar-refractivity contribution in [1.82, 2.24) is 4.90 Å². The normalized spacial score (nSPS) is 10.9. The molecule has 25 heavy (non-hydrogen) atoms. The van der Waals surface area contributed by atoms with E-state index >= 15 is 0 Å². The number of halogens is 1. The van der Waals surface area contributed by atoms with E-state index in [2.05, 4.69) is 4.99 Å². The maximum atomic E-state index is 13.6. The number of carbonyl (C=O) groups is 1. The predicted octanol–water partition coefficient (Wildman–Crippen LogP) is 4.41. The van der Waals surface area contributed by atoms with Crippen molar-refractivity contribution in [3.63, 3.8) is 0 Å². The first-order valence-corrected chi connectivity index (χ1v) is 8.18. The third-order valence-electron chi connectivity index (χ3n) is 3.97. The molecule has 0 spiro atoms. The molecule has 0 heterocycles. The molecule has 0 amide bonds. The second kappa shape index (κ2) is 8.42. The minimum absolute atomic E-state index is 0.0921. The average Bonchev–Trinajstić information content (AvgIpc) is 2.60. The first kappa shape index (κ1) is 18.6. The van der Waals surface area contributed by atoms with Crippen molar-refractivity contribution in [2.75, 3.05) is 13.6 Å². The van der Waals surface area contributed by atoms with E-state index in [1.807, 2.05) is 38.8 Å². The lowest BCUT2D eigenvalue weighted by Crippen LogP contribution is -2.14. The lowest BCUT2D eigenvalue weighted by Gasteiger charge is -2.12. The highest BCUT2D eigenvalue weighted by Crippen LogP contribution is 2.24. The molecule has 5 heteroatoms. The predicted molar refractivity (Wildman–Crippen MR) is 97.9 cm³/mol. The van der Waals surface area contributed by atoms with Crippen LogP contribution < -0.4 is 0 Å². The molecule has 4 nitrogen and oxygen atoms in total. The topological polar surface area (TPSA) is 41.9 Å². The monoisotopic (exact) mass is 342 g/mol. The summed E-state index contributed by atoms with van der Waals surface area (Å²) >= 11 is 0. The van der Waals surface area contributed by atoms with Gasteiger partial charge in [-0.15, -0.1) is 0 Å². The van der Waals surface area contributed by atoms with E-state index in [-0.39, 0.29) is 12.4 Å². The van der Waals surface area contributed by atoms with Crippen LogP contribution in [0, 0.1) is 19.7 Å². The van der Waals surface area contributed by atoms with Crippen LogP contribution in [0.4, 0.5) is 10.1 Å². The van der Waals surface area contributed by atoms with Gasteiger partial charge in [0.25, 0.3) is 0 Å². The van der Waals surface area contributed by atoms with Crippen LogP contribution in [0.15, 0.2) is 41.4 Å². The third kappa shape index (κ3) is 4.89. The van der Waals surface area contributed by atoms with Gasteiger partial charge in [0, 0.05) is 19.2 Å². The Balaban J connectivity index is 2.13. The molecule has 0 aliphatic carbocycles. The molecule has 0 bridgehead atoms. The van der Waals surface area contributed by atoms with Gasteiger partial charge in [0.05, 0.1) is 17.6 Å². The van der Waals surface area contributed by atoms with E-state index in [0.29, 0.717) is 11.1 Å². The van der Waals surface area contributed by atoms with E-state index in [4.69, 9.17) is 4.74 Å². The summed E-state index contributed by atoms with van der Waals surface area (Å²) in [6, 6.07) is 9.87. The first-order valence-electron chi connectivity index (χ1n) is 8.18. The summed E-state index contributed by atoms with van der Waals surface area (Å²) in [6.07, 6.45) is 1.76. The van der Waals surface area contributed by atoms with Gasteiger partial charge in [-0.2, -0.15) is 0 Å². The van der Waals surface area contributed by atoms with Crippen LogP contribution in [0.1, 0.15) is 34.0 Å². The van der Waals surface area contributed by atoms with Crippen LogP contribution in [0.2, 0.25) is 0 Å². The molecule has 0 atom stereocenters. The van der Waals surface area contributed by atoms with Crippen molar-refractivity contribution in [3.05, 3.63) is 64.5 Å². The number of benzene rings is 2. The molecule has 0 fully saturated rings. The van der Waals surface area contributed by atoms with Crippen molar-refractivity contribution in [1.29, 1.82) is 0 Å². The number of nitrogens with zero attached hydrogens (tertiary/aromatic N) is 2. The molecule has 0 aliphatic rings. The largest absolute Gasteiger partial charge is 0.457 e. The highest BCUT2D eigenvalue weighted by molar-refractivity contribution is 5.92. The van der Waals surface area contributed by atoms with E-state index in [1.54, 1.807) is 30.6 Å². The molecule has 0 aliphatic heterocycles. The summed E-state index contributed by atoms with van der Waals surface area (Å²) in [6.45, 7) is 6.54. The second-order valence-corrected chi connectivity index (χ2v) is 5.94. The van der Waals surface area contributed by atoms with Crippen molar-refractivity contribution in [3.8, 4) is 0 Å². The van der Waals surface area contributed by atoms with Crippen molar-refractivity contribution >= 4 is 18.0 Å². The molecule has 0 N–H and O–H groups in total. The van der Waals surface area contributed by atoms with Crippen LogP contribution in [0.3, 0.4) is 0 Å². The molecule has 2 aromatic carbocycles. The smallest absolute Gasteiger partial charge is 0.338 e. The van der Waals surface area contributed by atoms with E-state index in [1.165, 1.54) is 6.07 Å². The van der Waals surface area contributed by atoms with Crippen LogP contribution in [0.5, 0.6) is 0 Å². The average molecular weight is 342 g/mol. The Morgan fingerprint density at radius 3 is 2.64 bits per heavy atom. The van der Waals surface area contributed by atoms with E-state index < -0.39 is 5.97 Å². The fourth-order valence-corrected chi connectivity index (χ4v) is 2.24. The molecule has 0 radical (unpaired) electrons. The van der Waals surface area contributed by atoms with Gasteiger partial charge in [0.15, 0.2) is 0 Å². The van der Waals surface area contributed by atoms with Crippen LogP contribution >= 0.6 is 0 Å². The highest BCUT2D eigenvalue weighted by Gasteiger charge is 2.14. The standard InChI is InChI=1S/C20H23FN2O2/c1-5-23(4)13-22-19-11-14(2)17(10-15(19)3)20(24)25-12-16-8-6-7-9-18(16)21/h6-11,13H,5,12H2,1-4H3. The Morgan fingerprint density at radius 2 is 1.96 bits per heavy atom. The number of aryl methyl sites for hydroxylation is 2. The van der Waals surface area contributed by atoms with Crippen LogP contribution in [-0.4, -0.2) is 30.8 Å². The number of aliphatic imine (C=N–C) groups is 1. The summed E-state index contributed by atoms with van der Waals surface area (Å²) < 4.78 is 18.9. The van der Waals surface area contributed by atoms with Gasteiger partial charge >= 0.3 is 5.97 Å². The Morgan fingerprint density at radius 1 is 1.24 bits per heavy atom. The maximum Gasteiger partial charge on any atom is 0.338 e. The number of esters is 1. The molecular weight excluding hydrogens is 319 g/mol. The number of rotatable bonds is 6. The number of hydrogen-bond acceptors (Lipinski definition) is 3. The summed E-state index contributed by atoms with van der Waals surface area (Å²) in [5.41, 5.74) is 3.29. The Kier molecular flexibility index (Phi) is 6.28. The van der Waals surface area contributed by atoms with Crippen LogP contribution in [-0.2, 0) is 11.3 Å². The fraction of sp³-hybridized carbons (Fsp3) is 0.300. The van der Waals surface area contributed by atoms with Gasteiger partial charge in [0.2, 0.25) is 0 Å². The zero-order valence-electron chi connectivity index (χ0n) is 15.0. The summed E-state index contributed by atoms with van der Waals surface area (Å²) in [4.78, 5) is 18.7. The van der Waals surface area contributed by atoms with E-state index in [9.17, 15) is 9.18 Å². The third-order valence-corrected chi connectivity index (χ3v) is 3.97. The Hall–Kier alpha value is -2.69. The number of ether oxygens (including phenoxy) is 1. The van der Waals surface area contributed by atoms with Crippen molar-refractivity contribution < 1.29 is 13.9 Å². The van der Waals surface area contributed by atoms with Gasteiger partial charge < -0.3 is 9.64 Å². The van der Waals surface area contributed by atoms with Gasteiger partial charge in [-0.1, -0.05) is 18.2 Å². The minimum atomic E-state index is -0.468. The Bertz CT molecular complexity index is 787. The zero-order chi connectivity index (χ0) is 18.4. The number of carbonyl (C=O) groups excluding carboxylic acids is 1. The van der Waals surface area contributed by atoms with Crippen molar-refractivity contribution in [2.45, 2.75) is 27.4 Å². The number of hydrogen-bond donors (Lipinski definition) is 0. The summed E-state index contributed by atoms with van der Waals surface area (Å²) in [5, 5.41) is 0. The van der Waals surface area contributed by atoms with Gasteiger partial charge in [-0.3, -0.25) is 0 Å². The molecule has 2 aromatic rings. The highest BCUT2D eigenvalue weighted by atomic mass is 19.1. The molecular formula is C20H23FN2O2. The maximum absolute atomic E-state index is 13.6. The van der Waals surface area contributed by atoms with Crippen LogP contribution in [0.25, 0.3) is 0 Å². The summed E-state index contributed by atoms with van der Waals surface area (Å²) in [7, 11) is 1.94. The van der Waals surface area contributed by atoms with Gasteiger partial charge in [-0.25, -0.2) is 14.2 Å². The molecule has 0 saturated heterocycles. The van der Waals surface area contributed by atoms with Crippen molar-refractivity contribution in [2.24, 2.45) is 4.99 Å². The molecule has 0 saturated carbocycles. The first-order chi connectivity index (χ1) is 11.9. The summed E-state index contributed by atoms with van der Waals surface area (Å²) in [5.74, 6) is -0.849. The SMILES string of the molecule is CCN(C)C=Nc1cc(C)c(C(=O)OCc2ccccc2F)cc1C. The minimum Gasteiger partial charge on any atom is -0.457 e. The fourth-order valence-electron chi connectivity index (χ4n) is 2.24. The van der Waals surface area contributed by atoms with Gasteiger partial charge in [-0.05, 0) is 50.1 Å². The second-order valence-electron chi connectivity index (χ2n) is 5.94. The lowest BCUT2D eigenvalue weighted by atomic mass is 10.0. The lowest BCUT2D eigenvalue weighted by molar-refractivity contribution is 0.0468. The van der Waals surface area contributed by atoms with E-state index in [0.717, 1.165) is 23.4 Å². The zero-order valence-corrected chi connectivity index (χ0v) is 15.0. The Labute approximate surface area is 148 Å². The molecule has 2 rings (SSSR count). The molecule has 0 aromatic heterocycles. The molecule has 132 valence electrons. The quantitative estimate of drug-likeness (QED) is 0.443. The molecule has 0 unspecified atom stereocenters.